The third-order valence-electron chi connectivity index (χ3n) is 3.87. The maximum Gasteiger partial charge on any atom is 0.119 e. The highest BCUT2D eigenvalue weighted by atomic mass is 16.5. The van der Waals surface area contributed by atoms with Crippen LogP contribution in [0.15, 0.2) is 24.3 Å². The molecule has 2 aliphatic rings. The fraction of sp³-hybridized carbons (Fsp3) is 0.467. The summed E-state index contributed by atoms with van der Waals surface area (Å²) in [4.78, 5) is 2.49. The molecule has 1 fully saturated rings. The Morgan fingerprint density at radius 1 is 1.29 bits per heavy atom. The molecule has 0 N–H and O–H groups in total. The molecule has 0 radical (unpaired) electrons. The van der Waals surface area contributed by atoms with Crippen molar-refractivity contribution in [1.82, 2.24) is 4.90 Å². The standard InChI is InChI=1S/C15H19NO/c1-17-14-5-6-15-12(3-4-13(15)11-14)7-10-16-8-2-9-16/h5-7,11H,2-4,8-10H2,1H3/b12-7+. The average Bonchev–Trinajstić information content (AvgIpc) is 2.69. The molecule has 1 heterocycles. The monoisotopic (exact) mass is 229 g/mol. The molecule has 0 saturated carbocycles. The highest BCUT2D eigenvalue weighted by Crippen LogP contribution is 2.34. The molecule has 0 unspecified atom stereocenters. The molecule has 2 heteroatoms. The van der Waals surface area contributed by atoms with Gasteiger partial charge in [-0.2, -0.15) is 0 Å². The van der Waals surface area contributed by atoms with Gasteiger partial charge in [0.25, 0.3) is 0 Å². The predicted molar refractivity (Wildman–Crippen MR) is 70.3 cm³/mol. The van der Waals surface area contributed by atoms with Crippen molar-refractivity contribution in [3.63, 3.8) is 0 Å². The Balaban J connectivity index is 1.78. The third-order valence-corrected chi connectivity index (χ3v) is 3.87. The summed E-state index contributed by atoms with van der Waals surface area (Å²) >= 11 is 0. The minimum absolute atomic E-state index is 0.979. The first kappa shape index (κ1) is 10.8. The lowest BCUT2D eigenvalue weighted by Gasteiger charge is -2.29. The number of methoxy groups -OCH3 is 1. The van der Waals surface area contributed by atoms with E-state index in [0.717, 1.165) is 12.3 Å². The van der Waals surface area contributed by atoms with Gasteiger partial charge in [0.1, 0.15) is 5.75 Å². The van der Waals surface area contributed by atoms with Crippen LogP contribution in [0.3, 0.4) is 0 Å². The van der Waals surface area contributed by atoms with Crippen molar-refractivity contribution in [3.05, 3.63) is 35.4 Å². The van der Waals surface area contributed by atoms with Crippen LogP contribution in [-0.2, 0) is 6.42 Å². The SMILES string of the molecule is COc1ccc2c(c1)CC/C2=C\CN1CCC1. The molecular weight excluding hydrogens is 210 g/mol. The van der Waals surface area contributed by atoms with Gasteiger partial charge in [0, 0.05) is 6.54 Å². The van der Waals surface area contributed by atoms with Crippen LogP contribution in [-0.4, -0.2) is 31.6 Å². The molecule has 90 valence electrons. The summed E-state index contributed by atoms with van der Waals surface area (Å²) in [6.07, 6.45) is 6.14. The van der Waals surface area contributed by atoms with Crippen molar-refractivity contribution in [3.8, 4) is 5.75 Å². The van der Waals surface area contributed by atoms with E-state index in [1.54, 1.807) is 7.11 Å². The second-order valence-corrected chi connectivity index (χ2v) is 4.91. The van der Waals surface area contributed by atoms with Crippen molar-refractivity contribution in [2.24, 2.45) is 0 Å². The molecule has 1 aromatic rings. The molecule has 1 aliphatic heterocycles. The number of benzene rings is 1. The first-order valence-electron chi connectivity index (χ1n) is 6.45. The van der Waals surface area contributed by atoms with Crippen molar-refractivity contribution >= 4 is 5.57 Å². The summed E-state index contributed by atoms with van der Waals surface area (Å²) in [5, 5.41) is 0. The van der Waals surface area contributed by atoms with Crippen molar-refractivity contribution in [1.29, 1.82) is 0 Å². The zero-order chi connectivity index (χ0) is 11.7. The van der Waals surface area contributed by atoms with Crippen LogP contribution in [0.1, 0.15) is 24.0 Å². The van der Waals surface area contributed by atoms with Crippen LogP contribution in [0.25, 0.3) is 5.57 Å². The third kappa shape index (κ3) is 2.09. The summed E-state index contributed by atoms with van der Waals surface area (Å²) in [5.41, 5.74) is 4.40. The van der Waals surface area contributed by atoms with Crippen LogP contribution >= 0.6 is 0 Å². The maximum absolute atomic E-state index is 5.27. The number of fused-ring (bicyclic) bond motifs is 1. The van der Waals surface area contributed by atoms with E-state index in [1.807, 2.05) is 0 Å². The largest absolute Gasteiger partial charge is 0.497 e. The number of aryl methyl sites for hydroxylation is 1. The van der Waals surface area contributed by atoms with Gasteiger partial charge in [-0.1, -0.05) is 12.1 Å². The number of likely N-dealkylation sites (tertiary alicyclic amines) is 1. The van der Waals surface area contributed by atoms with Crippen LogP contribution in [0.2, 0.25) is 0 Å². The minimum atomic E-state index is 0.979. The molecule has 1 saturated heterocycles. The highest BCUT2D eigenvalue weighted by molar-refractivity contribution is 5.73. The van der Waals surface area contributed by atoms with E-state index >= 15 is 0 Å². The molecule has 1 aromatic carbocycles. The molecule has 0 bridgehead atoms. The fourth-order valence-corrected chi connectivity index (χ4v) is 2.64. The first-order chi connectivity index (χ1) is 8.36. The van der Waals surface area contributed by atoms with Crippen molar-refractivity contribution in [2.45, 2.75) is 19.3 Å². The second kappa shape index (κ2) is 4.53. The molecular formula is C15H19NO. The van der Waals surface area contributed by atoms with E-state index < -0.39 is 0 Å². The summed E-state index contributed by atoms with van der Waals surface area (Å²) in [5.74, 6) is 0.979. The number of allylic oxidation sites excluding steroid dienone is 1. The number of hydrogen-bond donors (Lipinski definition) is 0. The Morgan fingerprint density at radius 2 is 2.18 bits per heavy atom. The number of ether oxygens (including phenoxy) is 1. The van der Waals surface area contributed by atoms with Crippen LogP contribution < -0.4 is 4.74 Å². The predicted octanol–water partition coefficient (Wildman–Crippen LogP) is 2.73. The molecule has 0 atom stereocenters. The highest BCUT2D eigenvalue weighted by Gasteiger charge is 2.18. The van der Waals surface area contributed by atoms with Gasteiger partial charge in [-0.3, -0.25) is 4.90 Å². The summed E-state index contributed by atoms with van der Waals surface area (Å²) in [6.45, 7) is 3.68. The molecule has 0 amide bonds. The summed E-state index contributed by atoms with van der Waals surface area (Å²) < 4.78 is 5.27. The van der Waals surface area contributed by atoms with Gasteiger partial charge >= 0.3 is 0 Å². The minimum Gasteiger partial charge on any atom is -0.497 e. The molecule has 1 aliphatic carbocycles. The topological polar surface area (TPSA) is 12.5 Å². The van der Waals surface area contributed by atoms with Gasteiger partial charge in [0.15, 0.2) is 0 Å². The molecule has 2 nitrogen and oxygen atoms in total. The smallest absolute Gasteiger partial charge is 0.119 e. The van der Waals surface area contributed by atoms with Gasteiger partial charge in [-0.15, -0.1) is 0 Å². The van der Waals surface area contributed by atoms with Crippen molar-refractivity contribution < 1.29 is 4.74 Å². The number of nitrogens with zero attached hydrogens (tertiary/aromatic N) is 1. The first-order valence-corrected chi connectivity index (χ1v) is 6.45. The second-order valence-electron chi connectivity index (χ2n) is 4.91. The van der Waals surface area contributed by atoms with Crippen LogP contribution in [0, 0.1) is 0 Å². The summed E-state index contributed by atoms with van der Waals surface area (Å²) in [6, 6.07) is 6.46. The number of rotatable bonds is 3. The Labute approximate surface area is 103 Å². The Hall–Kier alpha value is -1.28. The normalized spacial score (nSPS) is 21.4. The average molecular weight is 229 g/mol. The Kier molecular flexibility index (Phi) is 2.89. The molecule has 3 rings (SSSR count). The quantitative estimate of drug-likeness (QED) is 0.790. The zero-order valence-corrected chi connectivity index (χ0v) is 10.4. The van der Waals surface area contributed by atoms with Gasteiger partial charge in [0.2, 0.25) is 0 Å². The van der Waals surface area contributed by atoms with E-state index in [9.17, 15) is 0 Å². The van der Waals surface area contributed by atoms with Gasteiger partial charge in [-0.05, 0) is 61.2 Å². The number of hydrogen-bond acceptors (Lipinski definition) is 2. The van der Waals surface area contributed by atoms with Gasteiger partial charge < -0.3 is 4.74 Å². The zero-order valence-electron chi connectivity index (χ0n) is 10.4. The lowest BCUT2D eigenvalue weighted by Crippen LogP contribution is -2.37. The molecule has 0 spiro atoms. The van der Waals surface area contributed by atoms with E-state index in [4.69, 9.17) is 4.74 Å². The fourth-order valence-electron chi connectivity index (χ4n) is 2.64. The lowest BCUT2D eigenvalue weighted by molar-refractivity contribution is 0.203. The molecule has 17 heavy (non-hydrogen) atoms. The molecule has 0 aromatic heterocycles. The van der Waals surface area contributed by atoms with Crippen LogP contribution in [0.4, 0.5) is 0 Å². The van der Waals surface area contributed by atoms with Crippen LogP contribution in [0.5, 0.6) is 5.75 Å². The van der Waals surface area contributed by atoms with Gasteiger partial charge in [-0.25, -0.2) is 0 Å². The van der Waals surface area contributed by atoms with E-state index in [0.29, 0.717) is 0 Å². The Bertz CT molecular complexity index is 446. The Morgan fingerprint density at radius 3 is 2.88 bits per heavy atom. The van der Waals surface area contributed by atoms with Crippen molar-refractivity contribution in [2.75, 3.05) is 26.7 Å². The van der Waals surface area contributed by atoms with E-state index in [2.05, 4.69) is 29.2 Å². The lowest BCUT2D eigenvalue weighted by atomic mass is 10.1. The van der Waals surface area contributed by atoms with Gasteiger partial charge in [0.05, 0.1) is 7.11 Å². The van der Waals surface area contributed by atoms with E-state index in [-0.39, 0.29) is 0 Å². The maximum atomic E-state index is 5.27. The summed E-state index contributed by atoms with van der Waals surface area (Å²) in [7, 11) is 1.73. The van der Waals surface area contributed by atoms with E-state index in [1.165, 1.54) is 49.1 Å².